The van der Waals surface area contributed by atoms with Gasteiger partial charge in [-0.15, -0.1) is 0 Å². The highest BCUT2D eigenvalue weighted by molar-refractivity contribution is 8.00. The van der Waals surface area contributed by atoms with E-state index < -0.39 is 0 Å². The van der Waals surface area contributed by atoms with Crippen LogP contribution < -0.4 is 14.8 Å². The van der Waals surface area contributed by atoms with E-state index in [0.717, 1.165) is 20.6 Å². The number of ether oxygens (including phenoxy) is 2. The molecule has 1 aromatic heterocycles. The number of nitrogens with one attached hydrogen (secondary N) is 1. The second-order valence-corrected chi connectivity index (χ2v) is 7.30. The Labute approximate surface area is 160 Å². The average Bonchev–Trinajstić information content (AvgIpc) is 3.10. The number of benzene rings is 2. The molecule has 7 heteroatoms. The van der Waals surface area contributed by atoms with Crippen LogP contribution in [0.3, 0.4) is 0 Å². The van der Waals surface area contributed by atoms with E-state index in [-0.39, 0.29) is 5.91 Å². The minimum absolute atomic E-state index is 0.223. The van der Waals surface area contributed by atoms with Crippen LogP contribution in [0.1, 0.15) is 10.4 Å². The first kappa shape index (κ1) is 18.3. The van der Waals surface area contributed by atoms with E-state index >= 15 is 0 Å². The number of nitrogens with zero attached hydrogens (tertiary/aromatic N) is 1. The van der Waals surface area contributed by atoms with Gasteiger partial charge in [-0.1, -0.05) is 53.4 Å². The van der Waals surface area contributed by atoms with Gasteiger partial charge in [0.25, 0.3) is 5.91 Å². The number of methoxy groups -OCH3 is 2. The molecule has 3 aromatic rings. The molecule has 0 spiro atoms. The molecule has 0 atom stereocenters. The van der Waals surface area contributed by atoms with Crippen LogP contribution in [0.2, 0.25) is 0 Å². The van der Waals surface area contributed by atoms with Crippen LogP contribution in [0, 0.1) is 0 Å². The molecule has 134 valence electrons. The van der Waals surface area contributed by atoms with Crippen molar-refractivity contribution in [1.82, 2.24) is 4.98 Å². The fourth-order valence-electron chi connectivity index (χ4n) is 2.42. The first-order valence-corrected chi connectivity index (χ1v) is 9.84. The molecule has 0 bridgehead atoms. The van der Waals surface area contributed by atoms with Crippen LogP contribution in [0.4, 0.5) is 5.00 Å². The van der Waals surface area contributed by atoms with Crippen molar-refractivity contribution in [2.75, 3.05) is 25.8 Å². The summed E-state index contributed by atoms with van der Waals surface area (Å²) in [5.74, 6) is 0.869. The predicted molar refractivity (Wildman–Crippen MR) is 107 cm³/mol. The number of carbonyl (C=O) groups is 1. The number of thiazole rings is 1. The molecule has 26 heavy (non-hydrogen) atoms. The minimum atomic E-state index is -0.223. The number of hydrogen-bond donors (Lipinski definition) is 1. The summed E-state index contributed by atoms with van der Waals surface area (Å²) in [5, 5.41) is 3.70. The highest BCUT2D eigenvalue weighted by Crippen LogP contribution is 2.37. The van der Waals surface area contributed by atoms with Crippen molar-refractivity contribution in [2.45, 2.75) is 4.34 Å². The Morgan fingerprint density at radius 3 is 2.46 bits per heavy atom. The molecule has 0 saturated carbocycles. The van der Waals surface area contributed by atoms with E-state index in [1.54, 1.807) is 44.2 Å². The third-order valence-corrected chi connectivity index (χ3v) is 5.66. The second-order valence-electron chi connectivity index (χ2n) is 5.25. The number of amides is 1. The van der Waals surface area contributed by atoms with Crippen LogP contribution in [0.15, 0.2) is 52.9 Å². The van der Waals surface area contributed by atoms with E-state index in [1.165, 1.54) is 11.3 Å². The van der Waals surface area contributed by atoms with Gasteiger partial charge in [-0.2, -0.15) is 0 Å². The number of carbonyl (C=O) groups excluding carboxylic acids is 1. The Morgan fingerprint density at radius 1 is 1.08 bits per heavy atom. The summed E-state index contributed by atoms with van der Waals surface area (Å²) in [6.45, 7) is 0. The normalized spacial score (nSPS) is 10.4. The first-order chi connectivity index (χ1) is 12.7. The summed E-state index contributed by atoms with van der Waals surface area (Å²) in [5.41, 5.74) is 2.22. The summed E-state index contributed by atoms with van der Waals surface area (Å²) in [6.07, 6.45) is 1.97. The summed E-state index contributed by atoms with van der Waals surface area (Å²) in [7, 11) is 3.10. The maximum Gasteiger partial charge on any atom is 0.256 e. The van der Waals surface area contributed by atoms with Crippen LogP contribution in [-0.2, 0) is 0 Å². The minimum Gasteiger partial charge on any atom is -0.493 e. The third kappa shape index (κ3) is 3.84. The van der Waals surface area contributed by atoms with Crippen molar-refractivity contribution >= 4 is 34.0 Å². The standard InChI is InChI=1S/C19H18N2O3S2/c1-23-14-10-9-13(11-15(14)24-2)17(22)21-18-16(20-19(25-3)26-18)12-7-5-4-6-8-12/h4-11H,1-3H3,(H,21,22). The molecule has 0 aliphatic heterocycles. The summed E-state index contributed by atoms with van der Waals surface area (Å²) >= 11 is 3.01. The van der Waals surface area contributed by atoms with Gasteiger partial charge < -0.3 is 14.8 Å². The SMILES string of the molecule is COc1ccc(C(=O)Nc2sc(SC)nc2-c2ccccc2)cc1OC. The van der Waals surface area contributed by atoms with Crippen LogP contribution in [0.5, 0.6) is 11.5 Å². The lowest BCUT2D eigenvalue weighted by Crippen LogP contribution is -2.11. The fraction of sp³-hybridized carbons (Fsp3) is 0.158. The molecule has 0 aliphatic rings. The summed E-state index contributed by atoms with van der Waals surface area (Å²) in [6, 6.07) is 14.9. The molecule has 5 nitrogen and oxygen atoms in total. The van der Waals surface area contributed by atoms with Gasteiger partial charge >= 0.3 is 0 Å². The summed E-state index contributed by atoms with van der Waals surface area (Å²) < 4.78 is 11.4. The van der Waals surface area contributed by atoms with Gasteiger partial charge in [0.1, 0.15) is 10.7 Å². The smallest absolute Gasteiger partial charge is 0.256 e. The lowest BCUT2D eigenvalue weighted by Gasteiger charge is -2.10. The van der Waals surface area contributed by atoms with E-state index in [9.17, 15) is 4.79 Å². The molecule has 0 fully saturated rings. The third-order valence-electron chi connectivity index (χ3n) is 3.70. The van der Waals surface area contributed by atoms with Gasteiger partial charge in [-0.25, -0.2) is 4.98 Å². The number of hydrogen-bond acceptors (Lipinski definition) is 6. The molecule has 3 rings (SSSR count). The Morgan fingerprint density at radius 2 is 1.81 bits per heavy atom. The first-order valence-electron chi connectivity index (χ1n) is 7.80. The predicted octanol–water partition coefficient (Wildman–Crippen LogP) is 4.80. The molecular weight excluding hydrogens is 368 g/mol. The summed E-state index contributed by atoms with van der Waals surface area (Å²) in [4.78, 5) is 17.4. The van der Waals surface area contributed by atoms with Crippen LogP contribution in [0.25, 0.3) is 11.3 Å². The van der Waals surface area contributed by atoms with Gasteiger partial charge in [-0.3, -0.25) is 4.79 Å². The van der Waals surface area contributed by atoms with Crippen molar-refractivity contribution < 1.29 is 14.3 Å². The van der Waals surface area contributed by atoms with E-state index in [1.807, 2.05) is 36.6 Å². The van der Waals surface area contributed by atoms with E-state index in [2.05, 4.69) is 10.3 Å². The molecule has 1 N–H and O–H groups in total. The maximum absolute atomic E-state index is 12.7. The van der Waals surface area contributed by atoms with Gasteiger partial charge in [0.15, 0.2) is 15.8 Å². The topological polar surface area (TPSA) is 60.5 Å². The van der Waals surface area contributed by atoms with Crippen LogP contribution >= 0.6 is 23.1 Å². The van der Waals surface area contributed by atoms with Crippen molar-refractivity contribution in [3.8, 4) is 22.8 Å². The average molecular weight is 386 g/mol. The molecular formula is C19H18N2O3S2. The molecule has 0 aliphatic carbocycles. The largest absolute Gasteiger partial charge is 0.493 e. The lowest BCUT2D eigenvalue weighted by atomic mass is 10.1. The van der Waals surface area contributed by atoms with Gasteiger partial charge in [-0.05, 0) is 24.5 Å². The van der Waals surface area contributed by atoms with Gasteiger partial charge in [0.05, 0.1) is 14.2 Å². The quantitative estimate of drug-likeness (QED) is 0.617. The molecule has 0 unspecified atom stereocenters. The van der Waals surface area contributed by atoms with Crippen LogP contribution in [-0.4, -0.2) is 31.4 Å². The Balaban J connectivity index is 1.91. The molecule has 2 aromatic carbocycles. The van der Waals surface area contributed by atoms with Crippen molar-refractivity contribution in [2.24, 2.45) is 0 Å². The number of thioether (sulfide) groups is 1. The Bertz CT molecular complexity index is 910. The highest BCUT2D eigenvalue weighted by atomic mass is 32.2. The monoisotopic (exact) mass is 386 g/mol. The van der Waals surface area contributed by atoms with Crippen molar-refractivity contribution in [3.63, 3.8) is 0 Å². The Kier molecular flexibility index (Phi) is 5.80. The second kappa shape index (κ2) is 8.25. The van der Waals surface area contributed by atoms with E-state index in [0.29, 0.717) is 17.1 Å². The fourth-order valence-corrected chi connectivity index (χ4v) is 3.90. The van der Waals surface area contributed by atoms with Gasteiger partial charge in [0, 0.05) is 11.1 Å². The maximum atomic E-state index is 12.7. The molecule has 1 heterocycles. The zero-order chi connectivity index (χ0) is 18.5. The number of rotatable bonds is 6. The number of aromatic nitrogens is 1. The van der Waals surface area contributed by atoms with Crippen molar-refractivity contribution in [3.05, 3.63) is 54.1 Å². The Hall–Kier alpha value is -2.51. The molecule has 0 radical (unpaired) electrons. The van der Waals surface area contributed by atoms with E-state index in [4.69, 9.17) is 9.47 Å². The van der Waals surface area contributed by atoms with Crippen molar-refractivity contribution in [1.29, 1.82) is 0 Å². The zero-order valence-corrected chi connectivity index (χ0v) is 16.2. The highest BCUT2D eigenvalue weighted by Gasteiger charge is 2.17. The zero-order valence-electron chi connectivity index (χ0n) is 14.6. The lowest BCUT2D eigenvalue weighted by molar-refractivity contribution is 0.102. The van der Waals surface area contributed by atoms with Gasteiger partial charge in [0.2, 0.25) is 0 Å². The number of anilines is 1. The molecule has 1 amide bonds. The molecule has 0 saturated heterocycles.